The lowest BCUT2D eigenvalue weighted by molar-refractivity contribution is -0.115. The van der Waals surface area contributed by atoms with Crippen LogP contribution in [-0.2, 0) is 4.79 Å². The van der Waals surface area contributed by atoms with Gasteiger partial charge in [0, 0.05) is 11.3 Å². The zero-order chi connectivity index (χ0) is 16.2. The molecule has 0 saturated carbocycles. The summed E-state index contributed by atoms with van der Waals surface area (Å²) in [4.78, 5) is 23.7. The highest BCUT2D eigenvalue weighted by molar-refractivity contribution is 5.99. The summed E-state index contributed by atoms with van der Waals surface area (Å²) >= 11 is 0. The lowest BCUT2D eigenvalue weighted by Gasteiger charge is -2.07. The SMILES string of the molecule is O=C(CNC(=O)c1cccc(F)c1)Nc1ccc2n[nH]nc2c1. The number of anilines is 1. The molecule has 7 nitrogen and oxygen atoms in total. The van der Waals surface area contributed by atoms with Gasteiger partial charge in [-0.25, -0.2) is 4.39 Å². The minimum Gasteiger partial charge on any atom is -0.343 e. The van der Waals surface area contributed by atoms with Gasteiger partial charge in [-0.2, -0.15) is 15.4 Å². The second-order valence-electron chi connectivity index (χ2n) is 4.77. The third-order valence-corrected chi connectivity index (χ3v) is 3.10. The van der Waals surface area contributed by atoms with E-state index in [1.54, 1.807) is 18.2 Å². The molecule has 116 valence electrons. The standard InChI is InChI=1S/C15H12FN5O2/c16-10-3-1-2-9(6-10)15(23)17-8-14(22)18-11-4-5-12-13(7-11)20-21-19-12/h1-7H,8H2,(H,17,23)(H,18,22)(H,19,20,21). The van der Waals surface area contributed by atoms with Crippen LogP contribution in [0.1, 0.15) is 10.4 Å². The summed E-state index contributed by atoms with van der Waals surface area (Å²) < 4.78 is 13.0. The molecule has 0 aliphatic carbocycles. The van der Waals surface area contributed by atoms with Crippen LogP contribution in [0.3, 0.4) is 0 Å². The number of amides is 2. The van der Waals surface area contributed by atoms with E-state index in [0.717, 1.165) is 6.07 Å². The molecule has 0 saturated heterocycles. The molecule has 1 heterocycles. The van der Waals surface area contributed by atoms with Crippen LogP contribution in [0.25, 0.3) is 11.0 Å². The fourth-order valence-corrected chi connectivity index (χ4v) is 2.02. The van der Waals surface area contributed by atoms with Crippen LogP contribution >= 0.6 is 0 Å². The Labute approximate surface area is 129 Å². The van der Waals surface area contributed by atoms with Crippen LogP contribution in [0.15, 0.2) is 42.5 Å². The third-order valence-electron chi connectivity index (χ3n) is 3.10. The number of H-pyrrole nitrogens is 1. The summed E-state index contributed by atoms with van der Waals surface area (Å²) in [5.74, 6) is -1.44. The molecule has 0 bridgehead atoms. The van der Waals surface area contributed by atoms with Gasteiger partial charge in [0.1, 0.15) is 16.9 Å². The first kappa shape index (κ1) is 14.6. The number of carbonyl (C=O) groups excluding carboxylic acids is 2. The molecule has 0 aliphatic heterocycles. The van der Waals surface area contributed by atoms with Crippen LogP contribution < -0.4 is 10.6 Å². The fraction of sp³-hybridized carbons (Fsp3) is 0.0667. The van der Waals surface area contributed by atoms with Crippen molar-refractivity contribution in [3.8, 4) is 0 Å². The lowest BCUT2D eigenvalue weighted by atomic mass is 10.2. The van der Waals surface area contributed by atoms with Crippen molar-refractivity contribution in [3.05, 3.63) is 53.8 Å². The summed E-state index contributed by atoms with van der Waals surface area (Å²) in [6, 6.07) is 10.3. The van der Waals surface area contributed by atoms with Gasteiger partial charge in [0.25, 0.3) is 5.91 Å². The Morgan fingerprint density at radius 1 is 1.09 bits per heavy atom. The Morgan fingerprint density at radius 2 is 1.91 bits per heavy atom. The molecule has 3 rings (SSSR count). The predicted octanol–water partition coefficient (Wildman–Crippen LogP) is 1.47. The molecule has 0 spiro atoms. The number of nitrogens with one attached hydrogen (secondary N) is 3. The van der Waals surface area contributed by atoms with Crippen molar-refractivity contribution in [2.45, 2.75) is 0 Å². The number of hydrogen-bond acceptors (Lipinski definition) is 4. The zero-order valence-electron chi connectivity index (χ0n) is 11.8. The largest absolute Gasteiger partial charge is 0.343 e. The first-order valence-corrected chi connectivity index (χ1v) is 6.76. The number of halogens is 1. The monoisotopic (exact) mass is 313 g/mol. The van der Waals surface area contributed by atoms with E-state index >= 15 is 0 Å². The number of carbonyl (C=O) groups is 2. The van der Waals surface area contributed by atoms with Crippen molar-refractivity contribution in [1.82, 2.24) is 20.7 Å². The van der Waals surface area contributed by atoms with Gasteiger partial charge in [-0.3, -0.25) is 9.59 Å². The maximum absolute atomic E-state index is 13.0. The molecule has 0 fully saturated rings. The molecule has 3 N–H and O–H groups in total. The summed E-state index contributed by atoms with van der Waals surface area (Å²) in [5, 5.41) is 15.4. The number of aromatic nitrogens is 3. The van der Waals surface area contributed by atoms with Crippen molar-refractivity contribution in [3.63, 3.8) is 0 Å². The number of aromatic amines is 1. The smallest absolute Gasteiger partial charge is 0.251 e. The molecular weight excluding hydrogens is 301 g/mol. The van der Waals surface area contributed by atoms with Crippen LogP contribution in [0.4, 0.5) is 10.1 Å². The van der Waals surface area contributed by atoms with E-state index in [1.807, 2.05) is 0 Å². The Balaban J connectivity index is 1.57. The second-order valence-corrected chi connectivity index (χ2v) is 4.77. The molecule has 3 aromatic rings. The highest BCUT2D eigenvalue weighted by Crippen LogP contribution is 2.14. The normalized spacial score (nSPS) is 10.5. The van der Waals surface area contributed by atoms with Crippen molar-refractivity contribution >= 4 is 28.5 Å². The zero-order valence-corrected chi connectivity index (χ0v) is 11.8. The van der Waals surface area contributed by atoms with E-state index < -0.39 is 17.6 Å². The minimum atomic E-state index is -0.522. The van der Waals surface area contributed by atoms with E-state index in [1.165, 1.54) is 18.2 Å². The van der Waals surface area contributed by atoms with E-state index in [0.29, 0.717) is 16.7 Å². The number of benzene rings is 2. The van der Waals surface area contributed by atoms with Crippen LogP contribution in [0.5, 0.6) is 0 Å². The molecule has 23 heavy (non-hydrogen) atoms. The Bertz CT molecular complexity index is 877. The van der Waals surface area contributed by atoms with Gasteiger partial charge in [0.2, 0.25) is 5.91 Å². The van der Waals surface area contributed by atoms with Gasteiger partial charge in [-0.15, -0.1) is 0 Å². The molecule has 2 aromatic carbocycles. The van der Waals surface area contributed by atoms with Crippen LogP contribution in [0, 0.1) is 5.82 Å². The van der Waals surface area contributed by atoms with Crippen LogP contribution in [-0.4, -0.2) is 33.8 Å². The summed E-state index contributed by atoms with van der Waals surface area (Å²) in [6.45, 7) is -0.230. The number of nitrogens with zero attached hydrogens (tertiary/aromatic N) is 2. The summed E-state index contributed by atoms with van der Waals surface area (Å²) in [7, 11) is 0. The number of rotatable bonds is 4. The topological polar surface area (TPSA) is 99.8 Å². The molecule has 8 heteroatoms. The predicted molar refractivity (Wildman–Crippen MR) is 81.3 cm³/mol. The van der Waals surface area contributed by atoms with Crippen molar-refractivity contribution in [2.75, 3.05) is 11.9 Å². The minimum absolute atomic E-state index is 0.154. The van der Waals surface area contributed by atoms with Gasteiger partial charge in [0.05, 0.1) is 6.54 Å². The van der Waals surface area contributed by atoms with Crippen molar-refractivity contribution in [1.29, 1.82) is 0 Å². The quantitative estimate of drug-likeness (QED) is 0.679. The molecule has 0 atom stereocenters. The maximum Gasteiger partial charge on any atom is 0.251 e. The first-order chi connectivity index (χ1) is 11.1. The van der Waals surface area contributed by atoms with E-state index in [4.69, 9.17) is 0 Å². The van der Waals surface area contributed by atoms with Gasteiger partial charge in [-0.05, 0) is 36.4 Å². The number of hydrogen-bond donors (Lipinski definition) is 3. The van der Waals surface area contributed by atoms with E-state index in [-0.39, 0.29) is 12.1 Å². The number of fused-ring (bicyclic) bond motifs is 1. The average Bonchev–Trinajstić information content (AvgIpc) is 3.00. The highest BCUT2D eigenvalue weighted by atomic mass is 19.1. The molecule has 0 aliphatic rings. The molecule has 0 unspecified atom stereocenters. The molecule has 0 radical (unpaired) electrons. The molecule has 1 aromatic heterocycles. The second kappa shape index (κ2) is 6.22. The maximum atomic E-state index is 13.0. The van der Waals surface area contributed by atoms with Gasteiger partial charge in [-0.1, -0.05) is 6.07 Å². The third kappa shape index (κ3) is 3.49. The van der Waals surface area contributed by atoms with E-state index in [9.17, 15) is 14.0 Å². The van der Waals surface area contributed by atoms with Gasteiger partial charge >= 0.3 is 0 Å². The Morgan fingerprint density at radius 3 is 2.74 bits per heavy atom. The average molecular weight is 313 g/mol. The molecule has 2 amide bonds. The van der Waals surface area contributed by atoms with Crippen molar-refractivity contribution < 1.29 is 14.0 Å². The highest BCUT2D eigenvalue weighted by Gasteiger charge is 2.09. The van der Waals surface area contributed by atoms with Crippen LogP contribution in [0.2, 0.25) is 0 Å². The Kier molecular flexibility index (Phi) is 3.96. The Hall–Kier alpha value is -3.29. The fourth-order valence-electron chi connectivity index (χ4n) is 2.02. The summed E-state index contributed by atoms with van der Waals surface area (Å²) in [6.07, 6.45) is 0. The van der Waals surface area contributed by atoms with Crippen molar-refractivity contribution in [2.24, 2.45) is 0 Å². The lowest BCUT2D eigenvalue weighted by Crippen LogP contribution is -2.32. The summed E-state index contributed by atoms with van der Waals surface area (Å²) in [5.41, 5.74) is 1.99. The van der Waals surface area contributed by atoms with E-state index in [2.05, 4.69) is 26.0 Å². The van der Waals surface area contributed by atoms with Gasteiger partial charge < -0.3 is 10.6 Å². The molecular formula is C15H12FN5O2. The van der Waals surface area contributed by atoms with Gasteiger partial charge in [0.15, 0.2) is 0 Å². The first-order valence-electron chi connectivity index (χ1n) is 6.76.